The topological polar surface area (TPSA) is 96.9 Å². The first-order valence-corrected chi connectivity index (χ1v) is 12.0. The molecule has 4 aromatic carbocycles. The van der Waals surface area contributed by atoms with Crippen LogP contribution in [0.2, 0.25) is 15.1 Å². The van der Waals surface area contributed by atoms with E-state index in [-0.39, 0.29) is 16.3 Å². The van der Waals surface area contributed by atoms with Crippen molar-refractivity contribution in [2.24, 2.45) is 5.10 Å². The maximum Gasteiger partial charge on any atom is 0.345 e. The Morgan fingerprint density at radius 1 is 0.865 bits per heavy atom. The van der Waals surface area contributed by atoms with E-state index in [4.69, 9.17) is 39.5 Å². The smallest absolute Gasteiger partial charge is 0.345 e. The number of ether oxygens (including phenoxy) is 1. The summed E-state index contributed by atoms with van der Waals surface area (Å²) in [5.74, 6) is -2.46. The molecule has 2 N–H and O–H groups in total. The van der Waals surface area contributed by atoms with Crippen molar-refractivity contribution in [2.75, 3.05) is 5.32 Å². The molecule has 0 aliphatic carbocycles. The average Bonchev–Trinajstić information content (AvgIpc) is 2.87. The summed E-state index contributed by atoms with van der Waals surface area (Å²) in [4.78, 5) is 37.3. The number of rotatable bonds is 5. The number of hydrogen-bond acceptors (Lipinski definition) is 5. The second-order valence-corrected chi connectivity index (χ2v) is 9.08. The summed E-state index contributed by atoms with van der Waals surface area (Å²) in [6.45, 7) is 1.82. The monoisotopic (exact) mass is 553 g/mol. The van der Waals surface area contributed by atoms with Crippen LogP contribution in [0.3, 0.4) is 0 Å². The fourth-order valence-electron chi connectivity index (χ4n) is 3.37. The highest BCUT2D eigenvalue weighted by Gasteiger charge is 2.17. The summed E-state index contributed by atoms with van der Waals surface area (Å²) >= 11 is 18.1. The SMILES string of the molecule is Cc1ccc(NC(=O)C(=O)N/N=C\c2c(OC(=O)c3ccc(Cl)cc3Cl)ccc3ccccc23)cc1Cl. The molecular weight excluding hydrogens is 537 g/mol. The number of aryl methyl sites for hydroxylation is 1. The van der Waals surface area contributed by atoms with E-state index in [1.807, 2.05) is 19.1 Å². The second kappa shape index (κ2) is 11.4. The van der Waals surface area contributed by atoms with Gasteiger partial charge in [-0.25, -0.2) is 10.2 Å². The predicted octanol–water partition coefficient (Wildman–Crippen LogP) is 6.42. The average molecular weight is 555 g/mol. The van der Waals surface area contributed by atoms with E-state index in [9.17, 15) is 14.4 Å². The number of amides is 2. The van der Waals surface area contributed by atoms with Gasteiger partial charge in [-0.05, 0) is 59.7 Å². The maximum absolute atomic E-state index is 12.8. The fraction of sp³-hybridized carbons (Fsp3) is 0.0370. The van der Waals surface area contributed by atoms with Gasteiger partial charge in [-0.2, -0.15) is 5.10 Å². The molecule has 0 bridgehead atoms. The lowest BCUT2D eigenvalue weighted by atomic mass is 10.0. The first-order valence-electron chi connectivity index (χ1n) is 10.8. The Hall–Kier alpha value is -3.91. The quantitative estimate of drug-likeness (QED) is 0.0978. The van der Waals surface area contributed by atoms with Crippen LogP contribution in [0.25, 0.3) is 10.8 Å². The van der Waals surface area contributed by atoms with Crippen molar-refractivity contribution >= 4 is 75.3 Å². The molecule has 4 rings (SSSR count). The molecule has 0 aliphatic rings. The van der Waals surface area contributed by atoms with Gasteiger partial charge in [-0.15, -0.1) is 0 Å². The van der Waals surface area contributed by atoms with Crippen LogP contribution in [0.4, 0.5) is 5.69 Å². The minimum atomic E-state index is -1.00. The van der Waals surface area contributed by atoms with Gasteiger partial charge in [-0.3, -0.25) is 9.59 Å². The lowest BCUT2D eigenvalue weighted by molar-refractivity contribution is -0.136. The van der Waals surface area contributed by atoms with Gasteiger partial charge in [0.05, 0.1) is 16.8 Å². The normalized spacial score (nSPS) is 10.9. The van der Waals surface area contributed by atoms with Gasteiger partial charge in [0.1, 0.15) is 5.75 Å². The van der Waals surface area contributed by atoms with E-state index >= 15 is 0 Å². The molecule has 0 atom stereocenters. The van der Waals surface area contributed by atoms with Gasteiger partial charge in [-0.1, -0.05) is 71.2 Å². The van der Waals surface area contributed by atoms with Crippen molar-refractivity contribution in [3.63, 3.8) is 0 Å². The van der Waals surface area contributed by atoms with E-state index in [1.165, 1.54) is 30.5 Å². The first-order chi connectivity index (χ1) is 17.7. The van der Waals surface area contributed by atoms with Crippen LogP contribution in [0.5, 0.6) is 5.75 Å². The molecule has 4 aromatic rings. The molecule has 10 heteroatoms. The molecular formula is C27H18Cl3N3O4. The van der Waals surface area contributed by atoms with Crippen molar-refractivity contribution in [3.8, 4) is 5.75 Å². The molecule has 0 heterocycles. The van der Waals surface area contributed by atoms with Crippen molar-refractivity contribution in [1.29, 1.82) is 0 Å². The summed E-state index contributed by atoms with van der Waals surface area (Å²) in [6, 6.07) is 20.0. The Bertz CT molecular complexity index is 1570. The number of hydrogen-bond donors (Lipinski definition) is 2. The van der Waals surface area contributed by atoms with E-state index in [0.717, 1.165) is 10.9 Å². The van der Waals surface area contributed by atoms with Gasteiger partial charge < -0.3 is 10.1 Å². The van der Waals surface area contributed by atoms with Crippen LogP contribution >= 0.6 is 34.8 Å². The summed E-state index contributed by atoms with van der Waals surface area (Å²) in [5.41, 5.74) is 3.91. The molecule has 0 fully saturated rings. The van der Waals surface area contributed by atoms with Gasteiger partial charge in [0.15, 0.2) is 0 Å². The Morgan fingerprint density at radius 2 is 1.65 bits per heavy atom. The van der Waals surface area contributed by atoms with Crippen LogP contribution in [0.15, 0.2) is 77.9 Å². The molecule has 0 saturated heterocycles. The second-order valence-electron chi connectivity index (χ2n) is 7.83. The Labute approximate surface area is 227 Å². The number of halogens is 3. The number of anilines is 1. The molecule has 0 radical (unpaired) electrons. The highest BCUT2D eigenvalue weighted by Crippen LogP contribution is 2.29. The summed E-state index contributed by atoms with van der Waals surface area (Å²) in [5, 5.41) is 8.88. The predicted molar refractivity (Wildman–Crippen MR) is 146 cm³/mol. The van der Waals surface area contributed by atoms with Gasteiger partial charge in [0.2, 0.25) is 0 Å². The summed E-state index contributed by atoms with van der Waals surface area (Å²) in [7, 11) is 0. The number of benzene rings is 4. The number of carbonyl (C=O) groups excluding carboxylic acids is 3. The fourth-order valence-corrected chi connectivity index (χ4v) is 4.04. The molecule has 0 spiro atoms. The van der Waals surface area contributed by atoms with Crippen LogP contribution in [-0.4, -0.2) is 24.0 Å². The van der Waals surface area contributed by atoms with E-state index in [1.54, 1.807) is 36.4 Å². The number of hydrazone groups is 1. The van der Waals surface area contributed by atoms with E-state index < -0.39 is 17.8 Å². The van der Waals surface area contributed by atoms with Gasteiger partial charge in [0, 0.05) is 21.3 Å². The van der Waals surface area contributed by atoms with Crippen molar-refractivity contribution < 1.29 is 19.1 Å². The molecule has 0 aromatic heterocycles. The zero-order valence-corrected chi connectivity index (χ0v) is 21.5. The highest BCUT2D eigenvalue weighted by molar-refractivity contribution is 6.40. The zero-order chi connectivity index (χ0) is 26.5. The zero-order valence-electron chi connectivity index (χ0n) is 19.2. The molecule has 37 heavy (non-hydrogen) atoms. The number of nitrogens with zero attached hydrogens (tertiary/aromatic N) is 1. The third-order valence-corrected chi connectivity index (χ3v) is 6.24. The van der Waals surface area contributed by atoms with Crippen LogP contribution < -0.4 is 15.5 Å². The minimum absolute atomic E-state index is 0.128. The number of esters is 1. The molecule has 2 amide bonds. The largest absolute Gasteiger partial charge is 0.422 e. The lowest BCUT2D eigenvalue weighted by Gasteiger charge is -2.11. The van der Waals surface area contributed by atoms with Crippen molar-refractivity contribution in [2.45, 2.75) is 6.92 Å². The molecule has 0 saturated carbocycles. The van der Waals surface area contributed by atoms with Crippen LogP contribution in [0.1, 0.15) is 21.5 Å². The molecule has 186 valence electrons. The third-order valence-electron chi connectivity index (χ3n) is 5.28. The van der Waals surface area contributed by atoms with Crippen LogP contribution in [-0.2, 0) is 9.59 Å². The molecule has 0 aliphatic heterocycles. The van der Waals surface area contributed by atoms with Crippen molar-refractivity contribution in [3.05, 3.63) is 105 Å². The van der Waals surface area contributed by atoms with E-state index in [0.29, 0.717) is 26.7 Å². The van der Waals surface area contributed by atoms with Gasteiger partial charge >= 0.3 is 17.8 Å². The van der Waals surface area contributed by atoms with Crippen molar-refractivity contribution in [1.82, 2.24) is 5.43 Å². The molecule has 7 nitrogen and oxygen atoms in total. The highest BCUT2D eigenvalue weighted by atomic mass is 35.5. The lowest BCUT2D eigenvalue weighted by Crippen LogP contribution is -2.32. The molecule has 0 unspecified atom stereocenters. The third kappa shape index (κ3) is 6.27. The summed E-state index contributed by atoms with van der Waals surface area (Å²) < 4.78 is 5.60. The first kappa shape index (κ1) is 26.2. The standard InChI is InChI=1S/C27H18Cl3N3O4/c1-15-6-9-18(13-22(15)29)32-25(34)26(35)33-31-14-21-19-5-3-2-4-16(19)7-11-24(21)37-27(36)20-10-8-17(28)12-23(20)30/h2-14H,1H3,(H,32,34)(H,33,35)/b31-14-. The summed E-state index contributed by atoms with van der Waals surface area (Å²) in [6.07, 6.45) is 1.29. The number of nitrogens with one attached hydrogen (secondary N) is 2. The van der Waals surface area contributed by atoms with Crippen LogP contribution in [0, 0.1) is 6.92 Å². The minimum Gasteiger partial charge on any atom is -0.422 e. The van der Waals surface area contributed by atoms with Gasteiger partial charge in [0.25, 0.3) is 0 Å². The Balaban J connectivity index is 1.55. The maximum atomic E-state index is 12.8. The van der Waals surface area contributed by atoms with E-state index in [2.05, 4.69) is 15.8 Å². The number of fused-ring (bicyclic) bond motifs is 1. The Morgan fingerprint density at radius 3 is 2.41 bits per heavy atom. The Kier molecular flexibility index (Phi) is 8.08. The number of carbonyl (C=O) groups is 3.